The van der Waals surface area contributed by atoms with Gasteiger partial charge in [0.2, 0.25) is 0 Å². The molecule has 5 nitrogen and oxygen atoms in total. The SMILES string of the molecule is CCOC(=O)c1cc(C(C)(C)C)nn1-c1cccc(C[PH]2(O)CCCC2)c1. The van der Waals surface area contributed by atoms with Crippen molar-refractivity contribution in [2.24, 2.45) is 0 Å². The van der Waals surface area contributed by atoms with Gasteiger partial charge in [-0.1, -0.05) is 0 Å². The third-order valence-corrected chi connectivity index (χ3v) is 8.82. The number of aromatic nitrogens is 2. The molecule has 2 aromatic rings. The van der Waals surface area contributed by atoms with E-state index in [2.05, 4.69) is 26.8 Å². The van der Waals surface area contributed by atoms with Crippen LogP contribution in [-0.2, 0) is 16.3 Å². The molecule has 0 spiro atoms. The second-order valence-corrected chi connectivity index (χ2v) is 12.4. The summed E-state index contributed by atoms with van der Waals surface area (Å²) in [6, 6.07) is 9.86. The van der Waals surface area contributed by atoms with E-state index in [4.69, 9.17) is 9.84 Å². The van der Waals surface area contributed by atoms with Gasteiger partial charge in [-0.05, 0) is 0 Å². The van der Waals surface area contributed by atoms with Crippen LogP contribution in [0.5, 0.6) is 0 Å². The maximum atomic E-state index is 12.5. The molecule has 1 aliphatic heterocycles. The van der Waals surface area contributed by atoms with Crippen molar-refractivity contribution in [1.29, 1.82) is 0 Å². The molecule has 2 heterocycles. The Bertz CT molecular complexity index is 817. The summed E-state index contributed by atoms with van der Waals surface area (Å²) in [6.07, 6.45) is 5.03. The molecule has 6 heteroatoms. The summed E-state index contributed by atoms with van der Waals surface area (Å²) in [7, 11) is -2.15. The van der Waals surface area contributed by atoms with Crippen molar-refractivity contribution >= 4 is 13.5 Å². The van der Waals surface area contributed by atoms with E-state index in [0.29, 0.717) is 12.3 Å². The van der Waals surface area contributed by atoms with E-state index in [1.165, 1.54) is 0 Å². The van der Waals surface area contributed by atoms with Gasteiger partial charge in [-0.2, -0.15) is 0 Å². The molecule has 1 N–H and O–H groups in total. The molecule has 1 saturated heterocycles. The summed E-state index contributed by atoms with van der Waals surface area (Å²) in [6.45, 7) is 8.36. The van der Waals surface area contributed by atoms with Crippen LogP contribution in [0.15, 0.2) is 30.3 Å². The Morgan fingerprint density at radius 1 is 1.26 bits per heavy atom. The van der Waals surface area contributed by atoms with Crippen LogP contribution in [-0.4, -0.2) is 39.6 Å². The summed E-state index contributed by atoms with van der Waals surface area (Å²) >= 11 is 0. The first-order valence-electron chi connectivity index (χ1n) is 9.81. The van der Waals surface area contributed by atoms with Gasteiger partial charge < -0.3 is 0 Å². The van der Waals surface area contributed by atoms with E-state index in [0.717, 1.165) is 48.3 Å². The van der Waals surface area contributed by atoms with Crippen molar-refractivity contribution in [3.8, 4) is 5.69 Å². The fraction of sp³-hybridized carbons (Fsp3) is 0.524. The van der Waals surface area contributed by atoms with Crippen molar-refractivity contribution in [2.75, 3.05) is 18.9 Å². The van der Waals surface area contributed by atoms with Crippen LogP contribution in [0.25, 0.3) is 5.69 Å². The topological polar surface area (TPSA) is 64.3 Å². The van der Waals surface area contributed by atoms with E-state index < -0.39 is 7.49 Å². The number of rotatable bonds is 5. The number of ether oxygens (including phenoxy) is 1. The van der Waals surface area contributed by atoms with Crippen molar-refractivity contribution in [1.82, 2.24) is 9.78 Å². The molecule has 0 amide bonds. The predicted molar refractivity (Wildman–Crippen MR) is 111 cm³/mol. The molecular formula is C21H31N2O3P. The number of hydrogen-bond acceptors (Lipinski definition) is 4. The Balaban J connectivity index is 1.98. The second-order valence-electron chi connectivity index (χ2n) is 8.58. The standard InChI is InChI=1S/C21H31N2O3P/c1-5-26-20(24)18-14-19(21(2,3)4)22-23(18)17-10-8-9-16(13-17)15-27(25)11-6-7-12-27/h8-10,13-14,25,27H,5-7,11-12,15H2,1-4H3. The first-order chi connectivity index (χ1) is 12.7. The Labute approximate surface area is 162 Å². The summed E-state index contributed by atoms with van der Waals surface area (Å²) < 4.78 is 6.92. The molecule has 0 bridgehead atoms. The first kappa shape index (κ1) is 20.0. The molecule has 1 aromatic heterocycles. The number of carbonyl (C=O) groups excluding carboxylic acids is 1. The average molecular weight is 390 g/mol. The minimum atomic E-state index is -2.15. The zero-order valence-electron chi connectivity index (χ0n) is 16.8. The summed E-state index contributed by atoms with van der Waals surface area (Å²) in [4.78, 5) is 23.3. The molecule has 0 unspecified atom stereocenters. The molecule has 0 aliphatic carbocycles. The Kier molecular flexibility index (Phi) is 5.73. The van der Waals surface area contributed by atoms with Crippen molar-refractivity contribution < 1.29 is 14.4 Å². The van der Waals surface area contributed by atoms with E-state index >= 15 is 0 Å². The van der Waals surface area contributed by atoms with Crippen LogP contribution in [0.4, 0.5) is 0 Å². The van der Waals surface area contributed by atoms with Gasteiger partial charge in [0, 0.05) is 0 Å². The quantitative estimate of drug-likeness (QED) is 0.611. The van der Waals surface area contributed by atoms with Crippen LogP contribution in [0.1, 0.15) is 62.3 Å². The van der Waals surface area contributed by atoms with Gasteiger partial charge in [0.05, 0.1) is 0 Å². The molecule has 1 aliphatic rings. The monoisotopic (exact) mass is 390 g/mol. The molecule has 1 fully saturated rings. The normalized spacial score (nSPS) is 17.7. The second kappa shape index (κ2) is 7.73. The van der Waals surface area contributed by atoms with Gasteiger partial charge in [0.1, 0.15) is 0 Å². The van der Waals surface area contributed by atoms with Crippen molar-refractivity contribution in [3.63, 3.8) is 0 Å². The number of hydrogen-bond donors (Lipinski definition) is 1. The van der Waals surface area contributed by atoms with Crippen LogP contribution < -0.4 is 0 Å². The molecule has 0 saturated carbocycles. The fourth-order valence-corrected chi connectivity index (χ4v) is 7.08. The molecule has 3 rings (SSSR count). The van der Waals surface area contributed by atoms with Gasteiger partial charge in [-0.25, -0.2) is 0 Å². The minimum absolute atomic E-state index is 0.171. The predicted octanol–water partition coefficient (Wildman–Crippen LogP) is 4.30. The zero-order chi connectivity index (χ0) is 19.7. The summed E-state index contributed by atoms with van der Waals surface area (Å²) in [5.41, 5.74) is 3.07. The van der Waals surface area contributed by atoms with Crippen molar-refractivity contribution in [3.05, 3.63) is 47.3 Å². The van der Waals surface area contributed by atoms with Crippen LogP contribution in [0.3, 0.4) is 0 Å². The third kappa shape index (κ3) is 4.59. The van der Waals surface area contributed by atoms with Crippen LogP contribution in [0, 0.1) is 0 Å². The van der Waals surface area contributed by atoms with Gasteiger partial charge in [-0.15, -0.1) is 0 Å². The van der Waals surface area contributed by atoms with Gasteiger partial charge in [0.25, 0.3) is 0 Å². The van der Waals surface area contributed by atoms with E-state index in [1.54, 1.807) is 11.6 Å². The zero-order valence-corrected chi connectivity index (χ0v) is 17.8. The van der Waals surface area contributed by atoms with Crippen molar-refractivity contribution in [2.45, 2.75) is 52.1 Å². The summed E-state index contributed by atoms with van der Waals surface area (Å²) in [5, 5.41) is 4.71. The number of benzene rings is 1. The van der Waals surface area contributed by atoms with E-state index in [9.17, 15) is 9.69 Å². The number of carbonyl (C=O) groups is 1. The van der Waals surface area contributed by atoms with Crippen LogP contribution in [0.2, 0.25) is 0 Å². The first-order valence-corrected chi connectivity index (χ1v) is 12.4. The Morgan fingerprint density at radius 2 is 1.96 bits per heavy atom. The van der Waals surface area contributed by atoms with Gasteiger partial charge in [0.15, 0.2) is 0 Å². The number of esters is 1. The Morgan fingerprint density at radius 3 is 2.59 bits per heavy atom. The van der Waals surface area contributed by atoms with Gasteiger partial charge >= 0.3 is 162 Å². The molecule has 27 heavy (non-hydrogen) atoms. The van der Waals surface area contributed by atoms with Crippen LogP contribution >= 0.6 is 7.49 Å². The average Bonchev–Trinajstić information content (AvgIpc) is 3.22. The molecule has 0 radical (unpaired) electrons. The molecular weight excluding hydrogens is 359 g/mol. The third-order valence-electron chi connectivity index (χ3n) is 5.18. The van der Waals surface area contributed by atoms with E-state index in [1.807, 2.05) is 24.3 Å². The summed E-state index contributed by atoms with van der Waals surface area (Å²) in [5.74, 6) is -0.366. The fourth-order valence-electron chi connectivity index (χ4n) is 3.68. The molecule has 0 atom stereocenters. The number of nitrogens with zero attached hydrogens (tertiary/aromatic N) is 2. The molecule has 1 aromatic carbocycles. The maximum absolute atomic E-state index is 12.5. The Hall–Kier alpha value is -1.71. The van der Waals surface area contributed by atoms with E-state index in [-0.39, 0.29) is 11.4 Å². The van der Waals surface area contributed by atoms with Gasteiger partial charge in [-0.3, -0.25) is 0 Å². The molecule has 148 valence electrons.